The fourth-order valence-corrected chi connectivity index (χ4v) is 2.81. The molecule has 0 heterocycles. The average molecular weight is 179 g/mol. The van der Waals surface area contributed by atoms with E-state index in [1.165, 1.54) is 32.1 Å². The molecule has 0 aromatic heterocycles. The molecule has 1 aliphatic carbocycles. The lowest BCUT2D eigenvalue weighted by atomic mass is 9.70. The van der Waals surface area contributed by atoms with Crippen LogP contribution in [-0.4, -0.2) is 0 Å². The molecule has 1 rings (SSSR count). The van der Waals surface area contributed by atoms with Crippen molar-refractivity contribution in [3.63, 3.8) is 0 Å². The van der Waals surface area contributed by atoms with Gasteiger partial charge in [-0.15, -0.1) is 0 Å². The van der Waals surface area contributed by atoms with Crippen LogP contribution in [0.1, 0.15) is 58.8 Å². The molecule has 0 radical (unpaired) electrons. The lowest BCUT2D eigenvalue weighted by Crippen LogP contribution is -2.25. The van der Waals surface area contributed by atoms with Crippen LogP contribution in [-0.2, 0) is 0 Å². The van der Waals surface area contributed by atoms with Gasteiger partial charge in [-0.1, -0.05) is 33.1 Å². The molecule has 0 aromatic carbocycles. The average Bonchev–Trinajstić information content (AvgIpc) is 2.63. The second-order valence-electron chi connectivity index (χ2n) is 4.54. The maximum Gasteiger partial charge on any atom is 0.0621 e. The number of hydrogen-bond donors (Lipinski definition) is 0. The highest BCUT2D eigenvalue weighted by molar-refractivity contribution is 4.90. The molecule has 0 amide bonds. The van der Waals surface area contributed by atoms with Gasteiger partial charge in [0.15, 0.2) is 0 Å². The minimum absolute atomic E-state index is 0.532. The van der Waals surface area contributed by atoms with E-state index in [-0.39, 0.29) is 0 Å². The fraction of sp³-hybridized carbons (Fsp3) is 0.917. The van der Waals surface area contributed by atoms with Crippen molar-refractivity contribution in [1.82, 2.24) is 0 Å². The van der Waals surface area contributed by atoms with Crippen LogP contribution in [0.15, 0.2) is 0 Å². The second kappa shape index (κ2) is 4.65. The summed E-state index contributed by atoms with van der Waals surface area (Å²) in [4.78, 5) is 0. The Kier molecular flexibility index (Phi) is 3.78. The summed E-state index contributed by atoms with van der Waals surface area (Å²) in [6.07, 6.45) is 8.66. The van der Waals surface area contributed by atoms with E-state index in [2.05, 4.69) is 19.9 Å². The van der Waals surface area contributed by atoms with E-state index in [0.29, 0.717) is 5.41 Å². The number of nitriles is 1. The van der Waals surface area contributed by atoms with E-state index >= 15 is 0 Å². The quantitative estimate of drug-likeness (QED) is 0.642. The van der Waals surface area contributed by atoms with E-state index in [9.17, 15) is 0 Å². The first-order valence-electron chi connectivity index (χ1n) is 5.62. The Hall–Kier alpha value is -0.510. The van der Waals surface area contributed by atoms with Gasteiger partial charge in [0, 0.05) is 6.42 Å². The summed E-state index contributed by atoms with van der Waals surface area (Å²) in [6.45, 7) is 4.64. The van der Waals surface area contributed by atoms with Gasteiger partial charge in [0.1, 0.15) is 0 Å². The Morgan fingerprint density at radius 2 is 2.00 bits per heavy atom. The lowest BCUT2D eigenvalue weighted by Gasteiger charge is -2.34. The van der Waals surface area contributed by atoms with Gasteiger partial charge >= 0.3 is 0 Å². The van der Waals surface area contributed by atoms with Crippen molar-refractivity contribution in [2.75, 3.05) is 0 Å². The summed E-state index contributed by atoms with van der Waals surface area (Å²) in [5.74, 6) is 0.809. The summed E-state index contributed by atoms with van der Waals surface area (Å²) in [6, 6.07) is 2.30. The minimum atomic E-state index is 0.532. The van der Waals surface area contributed by atoms with Crippen LogP contribution in [0.25, 0.3) is 0 Å². The van der Waals surface area contributed by atoms with Crippen molar-refractivity contribution in [3.05, 3.63) is 0 Å². The van der Waals surface area contributed by atoms with Crippen LogP contribution < -0.4 is 0 Å². The number of rotatable bonds is 4. The van der Waals surface area contributed by atoms with E-state index in [0.717, 1.165) is 18.8 Å². The standard InChI is InChI=1S/C12H21N/c1-3-11(2)12(9-6-10-13)7-4-5-8-12/h11H,3-9H2,1-2H3. The summed E-state index contributed by atoms with van der Waals surface area (Å²) in [5.41, 5.74) is 0.532. The first-order chi connectivity index (χ1) is 6.25. The van der Waals surface area contributed by atoms with Crippen LogP contribution in [0.2, 0.25) is 0 Å². The Labute approximate surface area is 82.1 Å². The molecule has 0 aliphatic heterocycles. The summed E-state index contributed by atoms with van der Waals surface area (Å²) >= 11 is 0. The predicted octanol–water partition coefficient (Wildman–Crippen LogP) is 3.90. The van der Waals surface area contributed by atoms with Crippen LogP contribution >= 0.6 is 0 Å². The predicted molar refractivity (Wildman–Crippen MR) is 55.2 cm³/mol. The molecule has 13 heavy (non-hydrogen) atoms. The molecule has 74 valence electrons. The molecule has 1 nitrogen and oxygen atoms in total. The Bertz CT molecular complexity index is 184. The zero-order valence-electron chi connectivity index (χ0n) is 8.97. The van der Waals surface area contributed by atoms with Crippen molar-refractivity contribution >= 4 is 0 Å². The van der Waals surface area contributed by atoms with Gasteiger partial charge in [0.2, 0.25) is 0 Å². The van der Waals surface area contributed by atoms with Gasteiger partial charge < -0.3 is 0 Å². The lowest BCUT2D eigenvalue weighted by molar-refractivity contribution is 0.162. The van der Waals surface area contributed by atoms with E-state index in [1.807, 2.05) is 0 Å². The Balaban J connectivity index is 2.58. The summed E-state index contributed by atoms with van der Waals surface area (Å²) in [7, 11) is 0. The van der Waals surface area contributed by atoms with Crippen LogP contribution in [0.5, 0.6) is 0 Å². The molecule has 0 saturated heterocycles. The first kappa shape index (κ1) is 10.6. The van der Waals surface area contributed by atoms with Gasteiger partial charge in [-0.05, 0) is 30.6 Å². The van der Waals surface area contributed by atoms with Crippen LogP contribution in [0.3, 0.4) is 0 Å². The molecule has 1 fully saturated rings. The van der Waals surface area contributed by atoms with E-state index in [1.54, 1.807) is 0 Å². The molecule has 1 aliphatic rings. The molecular formula is C12H21N. The number of nitrogens with zero attached hydrogens (tertiary/aromatic N) is 1. The summed E-state index contributed by atoms with van der Waals surface area (Å²) in [5, 5.41) is 8.65. The molecule has 1 heteroatoms. The van der Waals surface area contributed by atoms with Gasteiger partial charge in [0.05, 0.1) is 6.07 Å². The van der Waals surface area contributed by atoms with Gasteiger partial charge in [-0.3, -0.25) is 0 Å². The van der Waals surface area contributed by atoms with Crippen LogP contribution in [0, 0.1) is 22.7 Å². The molecule has 0 bridgehead atoms. The highest BCUT2D eigenvalue weighted by Gasteiger charge is 2.37. The molecule has 0 aromatic rings. The zero-order valence-corrected chi connectivity index (χ0v) is 8.97. The third-order valence-electron chi connectivity index (χ3n) is 3.99. The largest absolute Gasteiger partial charge is 0.198 e. The van der Waals surface area contributed by atoms with Gasteiger partial charge in [0.25, 0.3) is 0 Å². The van der Waals surface area contributed by atoms with Gasteiger partial charge in [-0.2, -0.15) is 5.26 Å². The summed E-state index contributed by atoms with van der Waals surface area (Å²) < 4.78 is 0. The normalized spacial score (nSPS) is 22.5. The van der Waals surface area contributed by atoms with Crippen molar-refractivity contribution in [2.45, 2.75) is 58.8 Å². The third kappa shape index (κ3) is 2.24. The maximum atomic E-state index is 8.65. The van der Waals surface area contributed by atoms with Crippen molar-refractivity contribution in [2.24, 2.45) is 11.3 Å². The molecule has 1 atom stereocenters. The van der Waals surface area contributed by atoms with Gasteiger partial charge in [-0.25, -0.2) is 0 Å². The van der Waals surface area contributed by atoms with Crippen molar-refractivity contribution in [3.8, 4) is 6.07 Å². The highest BCUT2D eigenvalue weighted by atomic mass is 14.4. The topological polar surface area (TPSA) is 23.8 Å². The minimum Gasteiger partial charge on any atom is -0.198 e. The van der Waals surface area contributed by atoms with E-state index < -0.39 is 0 Å². The molecule has 1 unspecified atom stereocenters. The van der Waals surface area contributed by atoms with E-state index in [4.69, 9.17) is 5.26 Å². The van der Waals surface area contributed by atoms with Crippen LogP contribution in [0.4, 0.5) is 0 Å². The zero-order chi connectivity index (χ0) is 9.73. The molecule has 0 N–H and O–H groups in total. The highest BCUT2D eigenvalue weighted by Crippen LogP contribution is 2.48. The monoisotopic (exact) mass is 179 g/mol. The van der Waals surface area contributed by atoms with Crippen molar-refractivity contribution < 1.29 is 0 Å². The fourth-order valence-electron chi connectivity index (χ4n) is 2.81. The smallest absolute Gasteiger partial charge is 0.0621 e. The maximum absolute atomic E-state index is 8.65. The molecule has 1 saturated carbocycles. The second-order valence-corrected chi connectivity index (χ2v) is 4.54. The Morgan fingerprint density at radius 3 is 2.46 bits per heavy atom. The third-order valence-corrected chi connectivity index (χ3v) is 3.99. The molecular weight excluding hydrogens is 158 g/mol. The SMILES string of the molecule is CCC(C)C1(CCC#N)CCCC1. The Morgan fingerprint density at radius 1 is 1.38 bits per heavy atom. The number of hydrogen-bond acceptors (Lipinski definition) is 1. The first-order valence-corrected chi connectivity index (χ1v) is 5.62. The van der Waals surface area contributed by atoms with Crippen molar-refractivity contribution in [1.29, 1.82) is 5.26 Å². The molecule has 0 spiro atoms.